The van der Waals surface area contributed by atoms with E-state index < -0.39 is 0 Å². The summed E-state index contributed by atoms with van der Waals surface area (Å²) in [6.07, 6.45) is 2.87. The van der Waals surface area contributed by atoms with Gasteiger partial charge in [0.25, 0.3) is 0 Å². The van der Waals surface area contributed by atoms with Crippen LogP contribution in [0.15, 0.2) is 24.3 Å². The van der Waals surface area contributed by atoms with Crippen LogP contribution in [0.25, 0.3) is 0 Å². The van der Waals surface area contributed by atoms with E-state index in [4.69, 9.17) is 5.73 Å². The van der Waals surface area contributed by atoms with E-state index in [-0.39, 0.29) is 5.91 Å². The number of rotatable bonds is 2. The summed E-state index contributed by atoms with van der Waals surface area (Å²) in [5.74, 6) is 0.875. The first-order chi connectivity index (χ1) is 8.15. The summed E-state index contributed by atoms with van der Waals surface area (Å²) in [4.78, 5) is 14.1. The van der Waals surface area contributed by atoms with Gasteiger partial charge in [-0.2, -0.15) is 0 Å². The Morgan fingerprint density at radius 3 is 2.76 bits per heavy atom. The molecule has 1 atom stereocenters. The number of benzene rings is 1. The number of nitrogens with two attached hydrogens (primary N) is 1. The molecule has 0 radical (unpaired) electrons. The molecular formula is C14H20N2O. The third-order valence-corrected chi connectivity index (χ3v) is 3.34. The highest BCUT2D eigenvalue weighted by Gasteiger charge is 2.20. The molecule has 0 bridgehead atoms. The highest BCUT2D eigenvalue weighted by atomic mass is 16.2. The zero-order valence-electron chi connectivity index (χ0n) is 10.4. The van der Waals surface area contributed by atoms with Crippen molar-refractivity contribution in [2.24, 2.45) is 5.92 Å². The molecular weight excluding hydrogens is 212 g/mol. The molecule has 1 aromatic carbocycles. The third kappa shape index (κ3) is 3.22. The molecule has 1 aliphatic rings. The van der Waals surface area contributed by atoms with Gasteiger partial charge in [0.1, 0.15) is 0 Å². The fraction of sp³-hybridized carbons (Fsp3) is 0.500. The van der Waals surface area contributed by atoms with Gasteiger partial charge in [0.15, 0.2) is 0 Å². The Labute approximate surface area is 103 Å². The zero-order valence-corrected chi connectivity index (χ0v) is 10.4. The van der Waals surface area contributed by atoms with E-state index >= 15 is 0 Å². The van der Waals surface area contributed by atoms with Gasteiger partial charge in [0, 0.05) is 18.8 Å². The Morgan fingerprint density at radius 1 is 1.41 bits per heavy atom. The number of anilines is 1. The molecule has 1 heterocycles. The number of nitrogen functional groups attached to an aromatic ring is 1. The number of hydrogen-bond acceptors (Lipinski definition) is 2. The minimum Gasteiger partial charge on any atom is -0.399 e. The number of likely N-dealkylation sites (tertiary alicyclic amines) is 1. The highest BCUT2D eigenvalue weighted by Crippen LogP contribution is 2.16. The van der Waals surface area contributed by atoms with E-state index in [0.717, 1.165) is 30.8 Å². The molecule has 3 heteroatoms. The molecule has 0 aliphatic carbocycles. The maximum atomic E-state index is 12.1. The molecule has 2 rings (SSSR count). The minimum absolute atomic E-state index is 0.237. The maximum absolute atomic E-state index is 12.1. The van der Waals surface area contributed by atoms with E-state index in [2.05, 4.69) is 6.92 Å². The van der Waals surface area contributed by atoms with Crippen molar-refractivity contribution in [1.82, 2.24) is 4.90 Å². The molecule has 1 aliphatic heterocycles. The van der Waals surface area contributed by atoms with Crippen LogP contribution in [-0.4, -0.2) is 23.9 Å². The van der Waals surface area contributed by atoms with Crippen LogP contribution >= 0.6 is 0 Å². The SMILES string of the molecule is C[C@@H]1CCCN(C(=O)Cc2ccc(N)cc2)C1. The first-order valence-corrected chi connectivity index (χ1v) is 6.27. The normalized spacial score (nSPS) is 20.3. The number of piperidine rings is 1. The van der Waals surface area contributed by atoms with Crippen molar-refractivity contribution in [2.75, 3.05) is 18.8 Å². The molecule has 3 nitrogen and oxygen atoms in total. The largest absolute Gasteiger partial charge is 0.399 e. The van der Waals surface area contributed by atoms with E-state index in [0.29, 0.717) is 12.3 Å². The van der Waals surface area contributed by atoms with Crippen LogP contribution in [0.1, 0.15) is 25.3 Å². The summed E-state index contributed by atoms with van der Waals surface area (Å²) < 4.78 is 0. The van der Waals surface area contributed by atoms with Crippen LogP contribution in [0.3, 0.4) is 0 Å². The van der Waals surface area contributed by atoms with Gasteiger partial charge in [-0.3, -0.25) is 4.79 Å². The van der Waals surface area contributed by atoms with Crippen molar-refractivity contribution in [3.8, 4) is 0 Å². The molecule has 92 valence electrons. The van der Waals surface area contributed by atoms with Crippen molar-refractivity contribution in [1.29, 1.82) is 0 Å². The summed E-state index contributed by atoms with van der Waals surface area (Å²) in [5, 5.41) is 0. The molecule has 0 saturated carbocycles. The smallest absolute Gasteiger partial charge is 0.226 e. The van der Waals surface area contributed by atoms with Crippen molar-refractivity contribution in [2.45, 2.75) is 26.2 Å². The van der Waals surface area contributed by atoms with E-state index in [1.54, 1.807) is 0 Å². The molecule has 1 aromatic rings. The van der Waals surface area contributed by atoms with Crippen LogP contribution in [-0.2, 0) is 11.2 Å². The van der Waals surface area contributed by atoms with E-state index in [1.165, 1.54) is 6.42 Å². The first kappa shape index (κ1) is 12.0. The Balaban J connectivity index is 1.94. The van der Waals surface area contributed by atoms with Gasteiger partial charge in [-0.1, -0.05) is 19.1 Å². The summed E-state index contributed by atoms with van der Waals surface area (Å²) in [6, 6.07) is 7.56. The zero-order chi connectivity index (χ0) is 12.3. The summed E-state index contributed by atoms with van der Waals surface area (Å²) in [5.41, 5.74) is 7.41. The average Bonchev–Trinajstić information content (AvgIpc) is 2.32. The van der Waals surface area contributed by atoms with Gasteiger partial charge in [-0.15, -0.1) is 0 Å². The van der Waals surface area contributed by atoms with Crippen LogP contribution in [0, 0.1) is 5.92 Å². The average molecular weight is 232 g/mol. The van der Waals surface area contributed by atoms with Crippen LogP contribution in [0.4, 0.5) is 5.69 Å². The predicted octanol–water partition coefficient (Wildman–Crippen LogP) is 2.07. The van der Waals surface area contributed by atoms with Crippen molar-refractivity contribution < 1.29 is 4.79 Å². The van der Waals surface area contributed by atoms with Crippen LogP contribution in [0.5, 0.6) is 0 Å². The number of carbonyl (C=O) groups excluding carboxylic acids is 1. The lowest BCUT2D eigenvalue weighted by Crippen LogP contribution is -2.39. The molecule has 1 amide bonds. The predicted molar refractivity (Wildman–Crippen MR) is 69.5 cm³/mol. The molecule has 1 saturated heterocycles. The minimum atomic E-state index is 0.237. The fourth-order valence-electron chi connectivity index (χ4n) is 2.34. The Bertz CT molecular complexity index is 386. The topological polar surface area (TPSA) is 46.3 Å². The third-order valence-electron chi connectivity index (χ3n) is 3.34. The Morgan fingerprint density at radius 2 is 2.12 bits per heavy atom. The lowest BCUT2D eigenvalue weighted by atomic mass is 9.99. The lowest BCUT2D eigenvalue weighted by Gasteiger charge is -2.31. The second kappa shape index (κ2) is 5.21. The van der Waals surface area contributed by atoms with Gasteiger partial charge in [-0.05, 0) is 36.5 Å². The lowest BCUT2D eigenvalue weighted by molar-refractivity contribution is -0.132. The van der Waals surface area contributed by atoms with Crippen molar-refractivity contribution in [3.63, 3.8) is 0 Å². The molecule has 0 unspecified atom stereocenters. The molecule has 2 N–H and O–H groups in total. The van der Waals surface area contributed by atoms with Gasteiger partial charge in [-0.25, -0.2) is 0 Å². The van der Waals surface area contributed by atoms with Crippen LogP contribution < -0.4 is 5.73 Å². The summed E-state index contributed by atoms with van der Waals surface area (Å²) in [7, 11) is 0. The number of nitrogens with zero attached hydrogens (tertiary/aromatic N) is 1. The second-order valence-corrected chi connectivity index (χ2v) is 5.01. The number of hydrogen-bond donors (Lipinski definition) is 1. The molecule has 0 aromatic heterocycles. The quantitative estimate of drug-likeness (QED) is 0.793. The second-order valence-electron chi connectivity index (χ2n) is 5.01. The number of carbonyl (C=O) groups is 1. The van der Waals surface area contributed by atoms with Gasteiger partial charge < -0.3 is 10.6 Å². The summed E-state index contributed by atoms with van der Waals surface area (Å²) >= 11 is 0. The fourth-order valence-corrected chi connectivity index (χ4v) is 2.34. The van der Waals surface area contributed by atoms with Crippen molar-refractivity contribution in [3.05, 3.63) is 29.8 Å². The van der Waals surface area contributed by atoms with Gasteiger partial charge >= 0.3 is 0 Å². The summed E-state index contributed by atoms with van der Waals surface area (Å²) in [6.45, 7) is 4.04. The number of amides is 1. The van der Waals surface area contributed by atoms with Crippen LogP contribution in [0.2, 0.25) is 0 Å². The molecule has 1 fully saturated rings. The Hall–Kier alpha value is -1.51. The van der Waals surface area contributed by atoms with E-state index in [1.807, 2.05) is 29.2 Å². The van der Waals surface area contributed by atoms with E-state index in [9.17, 15) is 4.79 Å². The van der Waals surface area contributed by atoms with Gasteiger partial charge in [0.2, 0.25) is 5.91 Å². The van der Waals surface area contributed by atoms with Gasteiger partial charge in [0.05, 0.1) is 6.42 Å². The standard InChI is InChI=1S/C14H20N2O/c1-11-3-2-8-16(10-11)14(17)9-12-4-6-13(15)7-5-12/h4-7,11H,2-3,8-10,15H2,1H3/t11-/m1/s1. The van der Waals surface area contributed by atoms with Crippen molar-refractivity contribution >= 4 is 11.6 Å². The Kier molecular flexibility index (Phi) is 3.67. The molecule has 0 spiro atoms. The monoisotopic (exact) mass is 232 g/mol. The maximum Gasteiger partial charge on any atom is 0.226 e. The first-order valence-electron chi connectivity index (χ1n) is 6.27. The molecule has 17 heavy (non-hydrogen) atoms. The highest BCUT2D eigenvalue weighted by molar-refractivity contribution is 5.79.